The first-order valence-corrected chi connectivity index (χ1v) is 11.7. The minimum Gasteiger partial charge on any atom is -0.452 e. The number of non-ortho nitro benzene ring substituents is 2. The normalized spacial score (nSPS) is 14.9. The van der Waals surface area contributed by atoms with E-state index in [1.807, 2.05) is 0 Å². The summed E-state index contributed by atoms with van der Waals surface area (Å²) in [7, 11) is 0. The lowest BCUT2D eigenvalue weighted by Crippen LogP contribution is -2.54. The van der Waals surface area contributed by atoms with Crippen molar-refractivity contribution in [2.75, 3.05) is 6.61 Å². The number of ether oxygens (including phenoxy) is 3. The zero-order valence-electron chi connectivity index (χ0n) is 21.3. The lowest BCUT2D eigenvalue weighted by molar-refractivity contribution is -0.385. The fourth-order valence-electron chi connectivity index (χ4n) is 3.60. The predicted molar refractivity (Wildman–Crippen MR) is 135 cm³/mol. The number of nitrogens with one attached hydrogen (secondary N) is 1. The second-order valence-corrected chi connectivity index (χ2v) is 8.55. The molecular weight excluding hydrogens is 546 g/mol. The fraction of sp³-hybridized carbons (Fsp3) is 0.240. The summed E-state index contributed by atoms with van der Waals surface area (Å²) in [6.45, 7) is 0.554. The highest BCUT2D eigenvalue weighted by Gasteiger charge is 2.40. The molecule has 1 aliphatic rings. The second kappa shape index (κ2) is 13.3. The third-order valence-electron chi connectivity index (χ3n) is 5.73. The number of nitro groups is 2. The van der Waals surface area contributed by atoms with Gasteiger partial charge in [0.2, 0.25) is 5.91 Å². The van der Waals surface area contributed by atoms with Crippen LogP contribution in [0.25, 0.3) is 5.53 Å². The van der Waals surface area contributed by atoms with Crippen molar-refractivity contribution in [2.24, 2.45) is 0 Å². The standard InChI is InChI=1S/C25H21N5O11/c1-14(11-40-25(34)41-13-16-4-8-18(9-5-16)30(37)38)21-19(27-23(21)32)10-20(31)22(28-26)24(33)39-12-15-2-6-17(7-3-15)29(35)36/h2-9,19H,10-13H2,1H3,(H,27,32)/t19-/m1/s1. The van der Waals surface area contributed by atoms with E-state index in [0.717, 1.165) is 0 Å². The first-order valence-electron chi connectivity index (χ1n) is 11.7. The smallest absolute Gasteiger partial charge is 0.452 e. The third kappa shape index (κ3) is 7.87. The van der Waals surface area contributed by atoms with Gasteiger partial charge in [0.25, 0.3) is 17.2 Å². The molecule has 1 saturated heterocycles. The molecule has 0 saturated carbocycles. The van der Waals surface area contributed by atoms with Crippen LogP contribution in [0.1, 0.15) is 24.5 Å². The number of Topliss-reactive ketones (excluding diaryl/α,β-unsaturated/α-hetero) is 1. The molecule has 0 aromatic heterocycles. The molecule has 16 nitrogen and oxygen atoms in total. The maximum absolute atomic E-state index is 12.6. The van der Waals surface area contributed by atoms with Gasteiger partial charge in [0.15, 0.2) is 0 Å². The predicted octanol–water partition coefficient (Wildman–Crippen LogP) is 2.34. The molecule has 1 heterocycles. The van der Waals surface area contributed by atoms with Gasteiger partial charge in [0.05, 0.1) is 15.9 Å². The highest BCUT2D eigenvalue weighted by atomic mass is 16.7. The molecule has 1 N–H and O–H groups in total. The number of carbonyl (C=O) groups excluding carboxylic acids is 4. The van der Waals surface area contributed by atoms with Gasteiger partial charge in [-0.2, -0.15) is 4.79 Å². The van der Waals surface area contributed by atoms with Crippen molar-refractivity contribution >= 4 is 40.9 Å². The average Bonchev–Trinajstić information content (AvgIpc) is 2.94. The molecule has 2 aromatic carbocycles. The Morgan fingerprint density at radius 3 is 1.88 bits per heavy atom. The molecule has 0 spiro atoms. The Bertz CT molecular complexity index is 1480. The first-order chi connectivity index (χ1) is 19.5. The first kappa shape index (κ1) is 29.8. The number of benzene rings is 2. The summed E-state index contributed by atoms with van der Waals surface area (Å²) in [5.41, 5.74) is 9.27. The molecule has 16 heteroatoms. The number of hydrogen-bond acceptors (Lipinski definition) is 11. The van der Waals surface area contributed by atoms with Gasteiger partial charge in [0, 0.05) is 36.3 Å². The molecule has 0 unspecified atom stereocenters. The zero-order valence-corrected chi connectivity index (χ0v) is 21.3. The molecule has 0 aliphatic carbocycles. The van der Waals surface area contributed by atoms with E-state index in [1.54, 1.807) is 0 Å². The van der Waals surface area contributed by atoms with Crippen LogP contribution in [0.15, 0.2) is 59.7 Å². The maximum Gasteiger partial charge on any atom is 0.508 e. The van der Waals surface area contributed by atoms with E-state index >= 15 is 0 Å². The summed E-state index contributed by atoms with van der Waals surface area (Å²) in [4.78, 5) is 71.8. The van der Waals surface area contributed by atoms with Crippen molar-refractivity contribution in [1.29, 1.82) is 0 Å². The molecule has 212 valence electrons. The van der Waals surface area contributed by atoms with E-state index in [4.69, 9.17) is 14.2 Å². The lowest BCUT2D eigenvalue weighted by Gasteiger charge is -2.31. The van der Waals surface area contributed by atoms with Gasteiger partial charge >= 0.3 is 17.8 Å². The Hall–Kier alpha value is -5.76. The monoisotopic (exact) mass is 567 g/mol. The van der Waals surface area contributed by atoms with Crippen molar-refractivity contribution in [3.8, 4) is 0 Å². The van der Waals surface area contributed by atoms with Crippen molar-refractivity contribution in [3.63, 3.8) is 0 Å². The van der Waals surface area contributed by atoms with Crippen LogP contribution in [0.3, 0.4) is 0 Å². The molecule has 1 fully saturated rings. The van der Waals surface area contributed by atoms with Crippen LogP contribution in [-0.4, -0.2) is 56.8 Å². The Balaban J connectivity index is 1.50. The number of hydrogen-bond donors (Lipinski definition) is 1. The summed E-state index contributed by atoms with van der Waals surface area (Å²) in [6, 6.07) is 9.56. The van der Waals surface area contributed by atoms with E-state index in [1.165, 1.54) is 55.5 Å². The Labute approximate surface area is 230 Å². The average molecular weight is 567 g/mol. The number of amides is 1. The van der Waals surface area contributed by atoms with Gasteiger partial charge in [-0.15, -0.1) is 0 Å². The molecule has 1 atom stereocenters. The molecule has 0 radical (unpaired) electrons. The van der Waals surface area contributed by atoms with E-state index in [0.29, 0.717) is 16.7 Å². The van der Waals surface area contributed by atoms with Crippen LogP contribution in [-0.2, 0) is 41.8 Å². The van der Waals surface area contributed by atoms with Gasteiger partial charge < -0.3 is 25.1 Å². The number of rotatable bonds is 12. The number of β-lactam (4-membered cyclic amide) rings is 1. The van der Waals surface area contributed by atoms with Crippen LogP contribution < -0.4 is 5.32 Å². The summed E-state index contributed by atoms with van der Waals surface area (Å²) in [5, 5.41) is 23.9. The van der Waals surface area contributed by atoms with E-state index in [-0.39, 0.29) is 36.8 Å². The van der Waals surface area contributed by atoms with Crippen LogP contribution in [0.2, 0.25) is 0 Å². The summed E-state index contributed by atoms with van der Waals surface area (Å²) in [5.74, 6) is -2.73. The summed E-state index contributed by atoms with van der Waals surface area (Å²) < 4.78 is 14.9. The van der Waals surface area contributed by atoms with Crippen molar-refractivity contribution in [1.82, 2.24) is 5.32 Å². The van der Waals surface area contributed by atoms with E-state index < -0.39 is 51.8 Å². The molecule has 0 bridgehead atoms. The van der Waals surface area contributed by atoms with Gasteiger partial charge in [-0.25, -0.2) is 9.59 Å². The van der Waals surface area contributed by atoms with Gasteiger partial charge in [0.1, 0.15) is 19.8 Å². The van der Waals surface area contributed by atoms with Crippen LogP contribution in [0, 0.1) is 20.2 Å². The SMILES string of the molecule is CC(COC(=O)OCc1ccc([N+](=O)[O-])cc1)=C1C(=O)N[C@@H]1CC(=O)C(=[N+]=[N-])C(=O)OCc1ccc([N+](=O)[O-])cc1. The van der Waals surface area contributed by atoms with E-state index in [9.17, 15) is 44.9 Å². The maximum atomic E-state index is 12.6. The topological polar surface area (TPSA) is 231 Å². The fourth-order valence-corrected chi connectivity index (χ4v) is 3.60. The lowest BCUT2D eigenvalue weighted by atomic mass is 9.89. The quantitative estimate of drug-likeness (QED) is 0.0450. The second-order valence-electron chi connectivity index (χ2n) is 8.55. The molecule has 1 amide bonds. The zero-order chi connectivity index (χ0) is 30.1. The van der Waals surface area contributed by atoms with Crippen LogP contribution in [0.5, 0.6) is 0 Å². The number of nitrogens with zero attached hydrogens (tertiary/aromatic N) is 4. The highest BCUT2D eigenvalue weighted by molar-refractivity contribution is 6.62. The Morgan fingerprint density at radius 2 is 1.41 bits per heavy atom. The van der Waals surface area contributed by atoms with Gasteiger partial charge in [-0.3, -0.25) is 29.8 Å². The summed E-state index contributed by atoms with van der Waals surface area (Å²) in [6.07, 6.45) is -1.53. The molecular formula is C25H21N5O11. The van der Waals surface area contributed by atoms with Gasteiger partial charge in [-0.1, -0.05) is 0 Å². The van der Waals surface area contributed by atoms with E-state index in [2.05, 4.69) is 10.1 Å². The van der Waals surface area contributed by atoms with Crippen molar-refractivity contribution in [2.45, 2.75) is 32.6 Å². The van der Waals surface area contributed by atoms with Crippen LogP contribution >= 0.6 is 0 Å². The Kier molecular flexibility index (Phi) is 9.70. The molecule has 3 rings (SSSR count). The number of nitro benzene ring substituents is 2. The molecule has 1 aliphatic heterocycles. The minimum atomic E-state index is -1.25. The minimum absolute atomic E-state index is 0.123. The van der Waals surface area contributed by atoms with Crippen LogP contribution in [0.4, 0.5) is 16.2 Å². The van der Waals surface area contributed by atoms with Gasteiger partial charge in [-0.05, 0) is 47.9 Å². The molecule has 41 heavy (non-hydrogen) atoms. The third-order valence-corrected chi connectivity index (χ3v) is 5.73. The molecule has 2 aromatic rings. The number of esters is 1. The van der Waals surface area contributed by atoms with Crippen molar-refractivity contribution in [3.05, 3.63) is 96.6 Å². The largest absolute Gasteiger partial charge is 0.508 e. The number of carbonyl (C=O) groups is 4. The Morgan fingerprint density at radius 1 is 0.902 bits per heavy atom. The highest BCUT2D eigenvalue weighted by Crippen LogP contribution is 2.22. The summed E-state index contributed by atoms with van der Waals surface area (Å²) >= 11 is 0. The number of ketones is 1. The van der Waals surface area contributed by atoms with Crippen molar-refractivity contribution < 1.29 is 48.0 Å².